The van der Waals surface area contributed by atoms with Crippen LogP contribution in [0.2, 0.25) is 0 Å². The van der Waals surface area contributed by atoms with Crippen molar-refractivity contribution in [3.8, 4) is 16.9 Å². The second-order valence-electron chi connectivity index (χ2n) is 9.25. The highest BCUT2D eigenvalue weighted by Crippen LogP contribution is 2.45. The second kappa shape index (κ2) is 9.82. The van der Waals surface area contributed by atoms with E-state index in [0.29, 0.717) is 12.2 Å². The number of esters is 1. The second-order valence-corrected chi connectivity index (χ2v) is 10.3. The first-order valence-electron chi connectivity index (χ1n) is 11.0. The number of thiophene rings is 1. The predicted octanol–water partition coefficient (Wildman–Crippen LogP) is 8.08. The van der Waals surface area contributed by atoms with Crippen LogP contribution in [0.3, 0.4) is 0 Å². The Hall–Kier alpha value is -2.80. The molecular formula is C27H29F3O3S. The standard InChI is InChI=1S/C27H29F3O3S/c1-7-32-24(31)13-17(3)23-14-19-18(9-8-10-22(19)34-23)20-11-16(2)12-21(26(4,5)6)25(20)33-15-27(28,29)30/h8-14H,7,15H2,1-6H3. The minimum atomic E-state index is -4.45. The number of ether oxygens (including phenoxy) is 2. The number of hydrogen-bond acceptors (Lipinski definition) is 4. The first-order chi connectivity index (χ1) is 15.8. The van der Waals surface area contributed by atoms with Crippen LogP contribution in [0.1, 0.15) is 50.6 Å². The van der Waals surface area contributed by atoms with Crippen LogP contribution in [-0.4, -0.2) is 25.4 Å². The monoisotopic (exact) mass is 490 g/mol. The van der Waals surface area contributed by atoms with Crippen LogP contribution in [0.15, 0.2) is 42.5 Å². The lowest BCUT2D eigenvalue weighted by Gasteiger charge is -2.26. The maximum Gasteiger partial charge on any atom is 0.422 e. The number of hydrogen-bond donors (Lipinski definition) is 0. The fraction of sp³-hybridized carbons (Fsp3) is 0.370. The quantitative estimate of drug-likeness (QED) is 0.259. The molecule has 0 radical (unpaired) electrons. The number of alkyl halides is 3. The molecule has 0 spiro atoms. The number of carbonyl (C=O) groups is 1. The molecule has 0 bridgehead atoms. The van der Waals surface area contributed by atoms with Gasteiger partial charge in [0.15, 0.2) is 6.61 Å². The van der Waals surface area contributed by atoms with E-state index in [0.717, 1.165) is 37.2 Å². The maximum absolute atomic E-state index is 13.1. The van der Waals surface area contributed by atoms with Crippen molar-refractivity contribution in [2.45, 2.75) is 53.1 Å². The molecule has 1 heterocycles. The van der Waals surface area contributed by atoms with Gasteiger partial charge in [-0.05, 0) is 61.1 Å². The van der Waals surface area contributed by atoms with Gasteiger partial charge in [0, 0.05) is 32.2 Å². The Balaban J connectivity index is 2.21. The number of aryl methyl sites for hydroxylation is 1. The van der Waals surface area contributed by atoms with E-state index < -0.39 is 24.2 Å². The highest BCUT2D eigenvalue weighted by Gasteiger charge is 2.31. The zero-order valence-electron chi connectivity index (χ0n) is 20.2. The van der Waals surface area contributed by atoms with Gasteiger partial charge in [-0.2, -0.15) is 13.2 Å². The van der Waals surface area contributed by atoms with Crippen molar-refractivity contribution < 1.29 is 27.4 Å². The number of benzene rings is 2. The van der Waals surface area contributed by atoms with Crippen LogP contribution >= 0.6 is 11.3 Å². The molecule has 0 amide bonds. The van der Waals surface area contributed by atoms with Gasteiger partial charge in [0.25, 0.3) is 0 Å². The van der Waals surface area contributed by atoms with E-state index in [-0.39, 0.29) is 5.75 Å². The number of rotatable bonds is 6. The van der Waals surface area contributed by atoms with Crippen LogP contribution in [0.5, 0.6) is 5.75 Å². The van der Waals surface area contributed by atoms with Gasteiger partial charge < -0.3 is 9.47 Å². The van der Waals surface area contributed by atoms with Crippen molar-refractivity contribution in [3.63, 3.8) is 0 Å². The first kappa shape index (κ1) is 25.8. The molecule has 0 N–H and O–H groups in total. The number of fused-ring (bicyclic) bond motifs is 1. The first-order valence-corrected chi connectivity index (χ1v) is 11.8. The zero-order chi connectivity index (χ0) is 25.3. The number of carbonyl (C=O) groups excluding carboxylic acids is 1. The van der Waals surface area contributed by atoms with Gasteiger partial charge >= 0.3 is 12.1 Å². The third kappa shape index (κ3) is 6.00. The van der Waals surface area contributed by atoms with Crippen molar-refractivity contribution in [2.24, 2.45) is 0 Å². The molecule has 3 aromatic rings. The van der Waals surface area contributed by atoms with Gasteiger partial charge in [0.2, 0.25) is 0 Å². The summed E-state index contributed by atoms with van der Waals surface area (Å²) in [6, 6.07) is 11.5. The van der Waals surface area contributed by atoms with Crippen LogP contribution in [0.25, 0.3) is 26.8 Å². The zero-order valence-corrected chi connectivity index (χ0v) is 21.0. The van der Waals surface area contributed by atoms with Crippen molar-refractivity contribution in [1.29, 1.82) is 0 Å². The molecule has 0 aliphatic carbocycles. The summed E-state index contributed by atoms with van der Waals surface area (Å²) in [6.45, 7) is 10.3. The van der Waals surface area contributed by atoms with Crippen molar-refractivity contribution in [2.75, 3.05) is 13.2 Å². The lowest BCUT2D eigenvalue weighted by Crippen LogP contribution is -2.22. The van der Waals surface area contributed by atoms with E-state index in [2.05, 4.69) is 0 Å². The molecule has 0 unspecified atom stereocenters. The van der Waals surface area contributed by atoms with E-state index in [9.17, 15) is 18.0 Å². The molecule has 0 saturated heterocycles. The van der Waals surface area contributed by atoms with Crippen molar-refractivity contribution in [1.82, 2.24) is 0 Å². The summed E-state index contributed by atoms with van der Waals surface area (Å²) in [5, 5.41) is 0.890. The summed E-state index contributed by atoms with van der Waals surface area (Å²) in [6.07, 6.45) is -3.00. The minimum absolute atomic E-state index is 0.245. The Morgan fingerprint density at radius 1 is 1.09 bits per heavy atom. The average Bonchev–Trinajstić information content (AvgIpc) is 3.15. The summed E-state index contributed by atoms with van der Waals surface area (Å²) in [7, 11) is 0. The van der Waals surface area contributed by atoms with Crippen molar-refractivity contribution in [3.05, 3.63) is 58.5 Å². The summed E-state index contributed by atoms with van der Waals surface area (Å²) in [5.74, 6) is -0.163. The normalized spacial score (nSPS) is 12.8. The van der Waals surface area contributed by atoms with E-state index in [4.69, 9.17) is 9.47 Å². The summed E-state index contributed by atoms with van der Waals surface area (Å²) < 4.78 is 50.8. The highest BCUT2D eigenvalue weighted by molar-refractivity contribution is 7.20. The molecule has 0 aliphatic heterocycles. The Morgan fingerprint density at radius 2 is 1.79 bits per heavy atom. The molecule has 2 aromatic carbocycles. The molecule has 3 rings (SSSR count). The predicted molar refractivity (Wildman–Crippen MR) is 133 cm³/mol. The van der Waals surface area contributed by atoms with E-state index in [1.165, 1.54) is 17.4 Å². The van der Waals surface area contributed by atoms with Crippen LogP contribution in [0.4, 0.5) is 13.2 Å². The molecule has 34 heavy (non-hydrogen) atoms. The largest absolute Gasteiger partial charge is 0.483 e. The molecule has 1 aromatic heterocycles. The minimum Gasteiger partial charge on any atom is -0.483 e. The maximum atomic E-state index is 13.1. The van der Waals surface area contributed by atoms with Gasteiger partial charge in [-0.25, -0.2) is 4.79 Å². The summed E-state index contributed by atoms with van der Waals surface area (Å²) >= 11 is 1.51. The molecule has 0 atom stereocenters. The lowest BCUT2D eigenvalue weighted by atomic mass is 9.83. The Labute approximate surface area is 202 Å². The van der Waals surface area contributed by atoms with Crippen molar-refractivity contribution >= 4 is 33.0 Å². The van der Waals surface area contributed by atoms with E-state index in [1.807, 2.05) is 71.0 Å². The van der Waals surface area contributed by atoms with E-state index in [1.54, 1.807) is 6.92 Å². The van der Waals surface area contributed by atoms with Gasteiger partial charge in [-0.15, -0.1) is 11.3 Å². The third-order valence-corrected chi connectivity index (χ3v) is 6.52. The van der Waals surface area contributed by atoms with Gasteiger partial charge in [-0.1, -0.05) is 39.0 Å². The molecule has 182 valence electrons. The fourth-order valence-electron chi connectivity index (χ4n) is 3.76. The van der Waals surface area contributed by atoms with Crippen LogP contribution in [0, 0.1) is 6.92 Å². The van der Waals surface area contributed by atoms with Gasteiger partial charge in [-0.3, -0.25) is 0 Å². The molecular weight excluding hydrogens is 461 g/mol. The number of halogens is 3. The fourth-order valence-corrected chi connectivity index (χ4v) is 4.82. The Bertz CT molecular complexity index is 1230. The van der Waals surface area contributed by atoms with Gasteiger partial charge in [0.05, 0.1) is 6.61 Å². The van der Waals surface area contributed by atoms with Crippen LogP contribution in [-0.2, 0) is 14.9 Å². The highest BCUT2D eigenvalue weighted by atomic mass is 32.1. The lowest BCUT2D eigenvalue weighted by molar-refractivity contribution is -0.153. The van der Waals surface area contributed by atoms with Gasteiger partial charge in [0.1, 0.15) is 5.75 Å². The molecule has 0 saturated carbocycles. The topological polar surface area (TPSA) is 35.5 Å². The SMILES string of the molecule is CCOC(=O)C=C(C)c1cc2c(-c3cc(C)cc(C(C)(C)C)c3OCC(F)(F)F)cccc2s1. The summed E-state index contributed by atoms with van der Waals surface area (Å²) in [5.41, 5.74) is 3.40. The third-order valence-electron chi connectivity index (χ3n) is 5.28. The smallest absolute Gasteiger partial charge is 0.422 e. The number of allylic oxidation sites excluding steroid dienone is 1. The molecule has 7 heteroatoms. The Morgan fingerprint density at radius 3 is 2.41 bits per heavy atom. The Kier molecular flexibility index (Phi) is 7.46. The van der Waals surface area contributed by atoms with E-state index >= 15 is 0 Å². The summed E-state index contributed by atoms with van der Waals surface area (Å²) in [4.78, 5) is 12.8. The molecule has 0 fully saturated rings. The molecule has 0 aliphatic rings. The average molecular weight is 491 g/mol. The molecule has 3 nitrogen and oxygen atoms in total. The van der Waals surface area contributed by atoms with Crippen LogP contribution < -0.4 is 4.74 Å².